The second-order valence-electron chi connectivity index (χ2n) is 7.70. The standard InChI is InChI=1S/C19H23FN2O5S/c20-15-3-1-13(2-4-15)17-11-21(6-7-27-17)19(24)14-9-18(23)22(10-14)16-5-8-28(25,26)12-16/h1-4,14,16-17H,5-12H2. The van der Waals surface area contributed by atoms with Gasteiger partial charge in [-0.25, -0.2) is 12.8 Å². The first-order chi connectivity index (χ1) is 13.3. The van der Waals surface area contributed by atoms with E-state index in [2.05, 4.69) is 0 Å². The van der Waals surface area contributed by atoms with E-state index in [0.29, 0.717) is 26.1 Å². The minimum atomic E-state index is -3.09. The van der Waals surface area contributed by atoms with Gasteiger partial charge >= 0.3 is 0 Å². The molecule has 0 saturated carbocycles. The van der Waals surface area contributed by atoms with E-state index >= 15 is 0 Å². The first-order valence-electron chi connectivity index (χ1n) is 9.48. The van der Waals surface area contributed by atoms with Gasteiger partial charge in [-0.05, 0) is 24.1 Å². The number of sulfone groups is 1. The summed E-state index contributed by atoms with van der Waals surface area (Å²) < 4.78 is 42.3. The average molecular weight is 410 g/mol. The smallest absolute Gasteiger partial charge is 0.228 e. The Labute approximate surface area is 163 Å². The number of nitrogens with zero attached hydrogens (tertiary/aromatic N) is 2. The van der Waals surface area contributed by atoms with Crippen molar-refractivity contribution in [1.29, 1.82) is 0 Å². The first-order valence-corrected chi connectivity index (χ1v) is 11.3. The molecular formula is C19H23FN2O5S. The third-order valence-electron chi connectivity index (χ3n) is 5.78. The van der Waals surface area contributed by atoms with Gasteiger partial charge in [0.1, 0.15) is 11.9 Å². The molecule has 0 N–H and O–H groups in total. The zero-order valence-corrected chi connectivity index (χ0v) is 16.2. The average Bonchev–Trinajstić information content (AvgIpc) is 3.23. The molecule has 3 aliphatic heterocycles. The van der Waals surface area contributed by atoms with Crippen LogP contribution < -0.4 is 0 Å². The van der Waals surface area contributed by atoms with Crippen LogP contribution in [0.15, 0.2) is 24.3 Å². The van der Waals surface area contributed by atoms with Gasteiger partial charge in [0.05, 0.1) is 30.6 Å². The minimum Gasteiger partial charge on any atom is -0.370 e. The molecule has 1 aromatic rings. The number of amides is 2. The fourth-order valence-corrected chi connectivity index (χ4v) is 5.99. The number of carbonyl (C=O) groups is 2. The van der Waals surface area contributed by atoms with Gasteiger partial charge in [-0.15, -0.1) is 0 Å². The van der Waals surface area contributed by atoms with Crippen molar-refractivity contribution >= 4 is 21.7 Å². The number of ether oxygens (including phenoxy) is 1. The Kier molecular flexibility index (Phi) is 5.13. The SMILES string of the molecule is O=C(C1CC(=O)N(C2CCS(=O)(=O)C2)C1)N1CCOC(c2ccc(F)cc2)C1. The van der Waals surface area contributed by atoms with E-state index in [1.54, 1.807) is 21.9 Å². The van der Waals surface area contributed by atoms with Crippen LogP contribution in [0.25, 0.3) is 0 Å². The van der Waals surface area contributed by atoms with Gasteiger partial charge in [-0.3, -0.25) is 9.59 Å². The highest BCUT2D eigenvalue weighted by molar-refractivity contribution is 7.91. The van der Waals surface area contributed by atoms with E-state index in [4.69, 9.17) is 4.74 Å². The van der Waals surface area contributed by atoms with E-state index in [1.807, 2.05) is 0 Å². The lowest BCUT2D eigenvalue weighted by molar-refractivity contribution is -0.143. The van der Waals surface area contributed by atoms with Crippen molar-refractivity contribution in [2.45, 2.75) is 25.0 Å². The van der Waals surface area contributed by atoms with Crippen LogP contribution in [0.2, 0.25) is 0 Å². The maximum Gasteiger partial charge on any atom is 0.228 e. The zero-order chi connectivity index (χ0) is 19.9. The van der Waals surface area contributed by atoms with Crippen LogP contribution in [0.5, 0.6) is 0 Å². The van der Waals surface area contributed by atoms with Crippen molar-refractivity contribution in [1.82, 2.24) is 9.80 Å². The number of hydrogen-bond donors (Lipinski definition) is 0. The van der Waals surface area contributed by atoms with Crippen LogP contribution in [-0.2, 0) is 24.2 Å². The number of benzene rings is 1. The topological polar surface area (TPSA) is 84.0 Å². The number of likely N-dealkylation sites (tertiary alicyclic amines) is 1. The Morgan fingerprint density at radius 3 is 2.61 bits per heavy atom. The highest BCUT2D eigenvalue weighted by Crippen LogP contribution is 2.29. The molecule has 3 heterocycles. The summed E-state index contributed by atoms with van der Waals surface area (Å²) in [5.74, 6) is -0.947. The van der Waals surface area contributed by atoms with E-state index in [-0.39, 0.29) is 54.2 Å². The number of halogens is 1. The second kappa shape index (κ2) is 7.44. The quantitative estimate of drug-likeness (QED) is 0.735. The molecule has 1 aromatic carbocycles. The lowest BCUT2D eigenvalue weighted by atomic mass is 10.0. The fraction of sp³-hybridized carbons (Fsp3) is 0.579. The molecule has 7 nitrogen and oxygen atoms in total. The second-order valence-corrected chi connectivity index (χ2v) is 9.93. The van der Waals surface area contributed by atoms with Crippen LogP contribution in [0.1, 0.15) is 24.5 Å². The van der Waals surface area contributed by atoms with Crippen molar-refractivity contribution in [3.8, 4) is 0 Å². The Morgan fingerprint density at radius 2 is 1.93 bits per heavy atom. The summed E-state index contributed by atoms with van der Waals surface area (Å²) in [4.78, 5) is 28.6. The molecule has 28 heavy (non-hydrogen) atoms. The van der Waals surface area contributed by atoms with Crippen LogP contribution in [-0.4, -0.2) is 73.8 Å². The molecule has 0 radical (unpaired) electrons. The fourth-order valence-electron chi connectivity index (χ4n) is 4.26. The molecule has 3 atom stereocenters. The summed E-state index contributed by atoms with van der Waals surface area (Å²) in [6, 6.07) is 5.71. The van der Waals surface area contributed by atoms with E-state index in [0.717, 1.165) is 5.56 Å². The number of carbonyl (C=O) groups excluding carboxylic acids is 2. The lowest BCUT2D eigenvalue weighted by Gasteiger charge is -2.34. The maximum atomic E-state index is 13.1. The third kappa shape index (κ3) is 3.91. The van der Waals surface area contributed by atoms with Gasteiger partial charge in [0, 0.05) is 25.6 Å². The maximum absolute atomic E-state index is 13.1. The van der Waals surface area contributed by atoms with Crippen molar-refractivity contribution in [3.63, 3.8) is 0 Å². The van der Waals surface area contributed by atoms with Crippen LogP contribution in [0, 0.1) is 11.7 Å². The predicted molar refractivity (Wildman–Crippen MR) is 98.6 cm³/mol. The van der Waals surface area contributed by atoms with E-state index in [1.165, 1.54) is 12.1 Å². The molecule has 4 rings (SSSR count). The molecule has 2 amide bonds. The molecule has 3 saturated heterocycles. The molecule has 0 spiro atoms. The Balaban J connectivity index is 1.40. The summed E-state index contributed by atoms with van der Waals surface area (Å²) in [5, 5.41) is 0. The van der Waals surface area contributed by atoms with Crippen molar-refractivity contribution < 1.29 is 27.1 Å². The summed E-state index contributed by atoms with van der Waals surface area (Å²) in [7, 11) is -3.09. The normalized spacial score (nSPS) is 30.0. The summed E-state index contributed by atoms with van der Waals surface area (Å²) in [6.07, 6.45) is 0.235. The van der Waals surface area contributed by atoms with Gasteiger partial charge < -0.3 is 14.5 Å². The Hall–Kier alpha value is -2.00. The number of rotatable bonds is 3. The van der Waals surface area contributed by atoms with E-state index in [9.17, 15) is 22.4 Å². The molecule has 0 aromatic heterocycles. The van der Waals surface area contributed by atoms with Gasteiger partial charge in [0.15, 0.2) is 9.84 Å². The molecule has 152 valence electrons. The Bertz CT molecular complexity index is 873. The summed E-state index contributed by atoms with van der Waals surface area (Å²) >= 11 is 0. The lowest BCUT2D eigenvalue weighted by Crippen LogP contribution is -2.46. The van der Waals surface area contributed by atoms with Gasteiger partial charge in [0.25, 0.3) is 0 Å². The summed E-state index contributed by atoms with van der Waals surface area (Å²) in [6.45, 7) is 1.45. The molecule has 0 bridgehead atoms. The summed E-state index contributed by atoms with van der Waals surface area (Å²) in [5.41, 5.74) is 0.805. The third-order valence-corrected chi connectivity index (χ3v) is 7.53. The van der Waals surface area contributed by atoms with Crippen molar-refractivity contribution in [2.75, 3.05) is 37.7 Å². The molecule has 9 heteroatoms. The van der Waals surface area contributed by atoms with Crippen molar-refractivity contribution in [3.05, 3.63) is 35.6 Å². The number of morpholine rings is 1. The first kappa shape index (κ1) is 19.3. The van der Waals surface area contributed by atoms with E-state index < -0.39 is 15.8 Å². The molecule has 0 aliphatic carbocycles. The van der Waals surface area contributed by atoms with Crippen LogP contribution in [0.4, 0.5) is 4.39 Å². The van der Waals surface area contributed by atoms with Gasteiger partial charge in [0.2, 0.25) is 11.8 Å². The minimum absolute atomic E-state index is 0.0101. The van der Waals surface area contributed by atoms with Crippen molar-refractivity contribution in [2.24, 2.45) is 5.92 Å². The zero-order valence-electron chi connectivity index (χ0n) is 15.4. The Morgan fingerprint density at radius 1 is 1.18 bits per heavy atom. The molecule has 3 fully saturated rings. The molecule has 3 aliphatic rings. The molecular weight excluding hydrogens is 387 g/mol. The molecule has 3 unspecified atom stereocenters. The van der Waals surface area contributed by atoms with Gasteiger partial charge in [-0.1, -0.05) is 12.1 Å². The van der Waals surface area contributed by atoms with Gasteiger partial charge in [-0.2, -0.15) is 0 Å². The number of hydrogen-bond acceptors (Lipinski definition) is 5. The highest BCUT2D eigenvalue weighted by Gasteiger charge is 2.43. The largest absolute Gasteiger partial charge is 0.370 e. The predicted octanol–water partition coefficient (Wildman–Crippen LogP) is 0.761. The van der Waals surface area contributed by atoms with Crippen LogP contribution >= 0.6 is 0 Å². The monoisotopic (exact) mass is 410 g/mol. The highest BCUT2D eigenvalue weighted by atomic mass is 32.2. The van der Waals surface area contributed by atoms with Crippen LogP contribution in [0.3, 0.4) is 0 Å².